The van der Waals surface area contributed by atoms with Crippen molar-refractivity contribution in [3.8, 4) is 17.1 Å². The number of nitrogens with zero attached hydrogens (tertiary/aromatic N) is 2. The Morgan fingerprint density at radius 3 is 2.58 bits per heavy atom. The second-order valence-corrected chi connectivity index (χ2v) is 9.20. The molecular formula is C23H23Cl2N3O5. The molecule has 8 nitrogen and oxygen atoms in total. The van der Waals surface area contributed by atoms with E-state index < -0.39 is 6.10 Å². The highest BCUT2D eigenvalue weighted by molar-refractivity contribution is 6.46. The molecule has 3 fully saturated rings. The molecular weight excluding hydrogens is 469 g/mol. The molecule has 0 saturated carbocycles. The average molecular weight is 492 g/mol. The number of rotatable bonds is 4. The maximum absolute atomic E-state index is 9.93. The van der Waals surface area contributed by atoms with Crippen LogP contribution in [0.2, 0.25) is 10.0 Å². The molecule has 1 aromatic carbocycles. The molecule has 2 N–H and O–H groups in total. The van der Waals surface area contributed by atoms with Gasteiger partial charge in [0.25, 0.3) is 0 Å². The number of aliphatic hydroxyl groups excluding tert-OH is 1. The standard InChI is InChI=1S/C23H23Cl2N3O5/c24-18-19(25)21-14(9-17(27-21)33-16-11-32-22-15(29)10-31-23(16)22)26-20(18)12-1-3-13(4-2-12)28-5-7-30-8-6-28/h1-4,9,15-16,22-23,27,29H,5-8,10-11H2/t15-,16-,22?,23-/m1/s1. The number of benzene rings is 1. The Kier molecular flexibility index (Phi) is 5.60. The van der Waals surface area contributed by atoms with Crippen LogP contribution in [-0.4, -0.2) is 79.0 Å². The fourth-order valence-electron chi connectivity index (χ4n) is 4.67. The minimum absolute atomic E-state index is 0.249. The van der Waals surface area contributed by atoms with E-state index in [1.165, 1.54) is 0 Å². The van der Waals surface area contributed by atoms with Crippen LogP contribution in [0.15, 0.2) is 30.3 Å². The summed E-state index contributed by atoms with van der Waals surface area (Å²) in [5.74, 6) is 0.495. The van der Waals surface area contributed by atoms with Crippen molar-refractivity contribution in [2.45, 2.75) is 24.4 Å². The SMILES string of the molecule is O[C@@H]1CO[C@H]2C1OC[C@H]2Oc1cc2nc(-c3ccc(N4CCOCC4)cc3)c(Cl)c(Cl)c2[nH]1. The fraction of sp³-hybridized carbons (Fsp3) is 0.435. The summed E-state index contributed by atoms with van der Waals surface area (Å²) < 4.78 is 22.8. The van der Waals surface area contributed by atoms with Gasteiger partial charge in [-0.2, -0.15) is 0 Å². The zero-order chi connectivity index (χ0) is 22.5. The largest absolute Gasteiger partial charge is 0.470 e. The van der Waals surface area contributed by atoms with E-state index in [1.807, 2.05) is 12.1 Å². The topological polar surface area (TPSA) is 89.1 Å². The average Bonchev–Trinajstić information content (AvgIpc) is 3.54. The van der Waals surface area contributed by atoms with Gasteiger partial charge in [0.05, 0.1) is 53.2 Å². The van der Waals surface area contributed by atoms with E-state index in [1.54, 1.807) is 6.07 Å². The summed E-state index contributed by atoms with van der Waals surface area (Å²) in [6.45, 7) is 3.81. The highest BCUT2D eigenvalue weighted by Crippen LogP contribution is 2.39. The van der Waals surface area contributed by atoms with E-state index in [4.69, 9.17) is 47.1 Å². The normalized spacial score (nSPS) is 27.3. The number of nitrogens with one attached hydrogen (secondary N) is 1. The van der Waals surface area contributed by atoms with Gasteiger partial charge >= 0.3 is 0 Å². The van der Waals surface area contributed by atoms with Crippen molar-refractivity contribution in [2.24, 2.45) is 0 Å². The van der Waals surface area contributed by atoms with Crippen molar-refractivity contribution < 1.29 is 24.1 Å². The molecule has 0 radical (unpaired) electrons. The number of anilines is 1. The van der Waals surface area contributed by atoms with Crippen molar-refractivity contribution in [2.75, 3.05) is 44.4 Å². The van der Waals surface area contributed by atoms with Crippen LogP contribution in [0.25, 0.3) is 22.3 Å². The van der Waals surface area contributed by atoms with Crippen LogP contribution >= 0.6 is 23.2 Å². The summed E-state index contributed by atoms with van der Waals surface area (Å²) in [6.07, 6.45) is -1.62. The van der Waals surface area contributed by atoms with E-state index >= 15 is 0 Å². The molecule has 3 aromatic rings. The third-order valence-electron chi connectivity index (χ3n) is 6.40. The van der Waals surface area contributed by atoms with E-state index in [0.29, 0.717) is 39.3 Å². The molecule has 5 heterocycles. The molecule has 10 heteroatoms. The van der Waals surface area contributed by atoms with Crippen molar-refractivity contribution in [3.05, 3.63) is 40.4 Å². The van der Waals surface area contributed by atoms with E-state index in [0.717, 1.165) is 37.6 Å². The van der Waals surface area contributed by atoms with Crippen LogP contribution in [-0.2, 0) is 14.2 Å². The number of H-pyrrole nitrogens is 1. The first-order valence-electron chi connectivity index (χ1n) is 11.0. The Balaban J connectivity index is 1.27. The number of pyridine rings is 1. The van der Waals surface area contributed by atoms with Gasteiger partial charge in [-0.15, -0.1) is 0 Å². The van der Waals surface area contributed by atoms with Crippen molar-refractivity contribution in [3.63, 3.8) is 0 Å². The lowest BCUT2D eigenvalue weighted by molar-refractivity contribution is 0.00794. The molecule has 0 aliphatic carbocycles. The van der Waals surface area contributed by atoms with Gasteiger partial charge in [0.2, 0.25) is 0 Å². The molecule has 174 valence electrons. The Hall–Kier alpha value is -2.07. The van der Waals surface area contributed by atoms with Gasteiger partial charge in [-0.3, -0.25) is 0 Å². The molecule has 0 spiro atoms. The zero-order valence-electron chi connectivity index (χ0n) is 17.7. The number of aliphatic hydroxyl groups is 1. The van der Waals surface area contributed by atoms with Crippen molar-refractivity contribution >= 4 is 39.9 Å². The molecule has 0 bridgehead atoms. The van der Waals surface area contributed by atoms with Crippen LogP contribution in [0.3, 0.4) is 0 Å². The minimum Gasteiger partial charge on any atom is -0.470 e. The highest BCUT2D eigenvalue weighted by Gasteiger charge is 2.48. The number of aromatic nitrogens is 2. The summed E-state index contributed by atoms with van der Waals surface area (Å²) in [7, 11) is 0. The molecule has 0 amide bonds. The number of hydrogen-bond donors (Lipinski definition) is 2. The van der Waals surface area contributed by atoms with Crippen molar-refractivity contribution in [1.82, 2.24) is 9.97 Å². The van der Waals surface area contributed by atoms with E-state index in [2.05, 4.69) is 22.0 Å². The van der Waals surface area contributed by atoms with Gasteiger partial charge in [-0.1, -0.05) is 35.3 Å². The second kappa shape index (κ2) is 8.61. The first kappa shape index (κ1) is 21.5. The summed E-state index contributed by atoms with van der Waals surface area (Å²) in [5, 5.41) is 10.7. The van der Waals surface area contributed by atoms with Crippen LogP contribution in [0.4, 0.5) is 5.69 Å². The van der Waals surface area contributed by atoms with Crippen LogP contribution in [0.5, 0.6) is 5.88 Å². The molecule has 3 aliphatic rings. The summed E-state index contributed by atoms with van der Waals surface area (Å²) >= 11 is 13.2. The molecule has 3 aliphatic heterocycles. The van der Waals surface area contributed by atoms with Crippen molar-refractivity contribution in [1.29, 1.82) is 0 Å². The predicted octanol–water partition coefficient (Wildman–Crippen LogP) is 3.28. The minimum atomic E-state index is -0.626. The van der Waals surface area contributed by atoms with Crippen LogP contribution < -0.4 is 9.64 Å². The Morgan fingerprint density at radius 2 is 1.79 bits per heavy atom. The summed E-state index contributed by atoms with van der Waals surface area (Å²) in [6, 6.07) is 9.93. The lowest BCUT2D eigenvalue weighted by atomic mass is 10.1. The first-order valence-corrected chi connectivity index (χ1v) is 11.7. The molecule has 6 rings (SSSR count). The van der Waals surface area contributed by atoms with Gasteiger partial charge in [0.1, 0.15) is 18.3 Å². The van der Waals surface area contributed by atoms with Gasteiger partial charge in [0, 0.05) is 30.4 Å². The molecule has 4 atom stereocenters. The van der Waals surface area contributed by atoms with Gasteiger partial charge in [-0.25, -0.2) is 4.98 Å². The number of fused-ring (bicyclic) bond motifs is 2. The molecule has 33 heavy (non-hydrogen) atoms. The Bertz CT molecular complexity index is 1170. The van der Waals surface area contributed by atoms with Gasteiger partial charge < -0.3 is 33.9 Å². The lowest BCUT2D eigenvalue weighted by Crippen LogP contribution is -2.36. The van der Waals surface area contributed by atoms with Crippen LogP contribution in [0.1, 0.15) is 0 Å². The third kappa shape index (κ3) is 3.84. The van der Waals surface area contributed by atoms with E-state index in [9.17, 15) is 5.11 Å². The number of aromatic amines is 1. The smallest absolute Gasteiger partial charge is 0.193 e. The maximum Gasteiger partial charge on any atom is 0.193 e. The number of halogens is 2. The number of morpholine rings is 1. The monoisotopic (exact) mass is 491 g/mol. The number of ether oxygens (including phenoxy) is 4. The summed E-state index contributed by atoms with van der Waals surface area (Å²) in [5.41, 5.74) is 3.88. The second-order valence-electron chi connectivity index (χ2n) is 8.45. The highest BCUT2D eigenvalue weighted by atomic mass is 35.5. The predicted molar refractivity (Wildman–Crippen MR) is 124 cm³/mol. The zero-order valence-corrected chi connectivity index (χ0v) is 19.2. The van der Waals surface area contributed by atoms with Gasteiger partial charge in [0.15, 0.2) is 12.0 Å². The quantitative estimate of drug-likeness (QED) is 0.578. The van der Waals surface area contributed by atoms with Gasteiger partial charge in [-0.05, 0) is 12.1 Å². The Morgan fingerprint density at radius 1 is 1.03 bits per heavy atom. The molecule has 2 aromatic heterocycles. The maximum atomic E-state index is 9.93. The molecule has 1 unspecified atom stereocenters. The van der Waals surface area contributed by atoms with E-state index in [-0.39, 0.29) is 24.9 Å². The lowest BCUT2D eigenvalue weighted by Gasteiger charge is -2.28. The fourth-order valence-corrected chi connectivity index (χ4v) is 5.15. The molecule has 3 saturated heterocycles. The Labute approximate surface area is 200 Å². The number of hydrogen-bond acceptors (Lipinski definition) is 7. The summed E-state index contributed by atoms with van der Waals surface area (Å²) in [4.78, 5) is 10.2. The third-order valence-corrected chi connectivity index (χ3v) is 7.24. The van der Waals surface area contributed by atoms with Crippen LogP contribution in [0, 0.1) is 0 Å². The first-order chi connectivity index (χ1) is 16.1.